The minimum Gasteiger partial charge on any atom is -0.491 e. The second kappa shape index (κ2) is 4.95. The summed E-state index contributed by atoms with van der Waals surface area (Å²) >= 11 is 0. The second-order valence-corrected chi connectivity index (χ2v) is 5.94. The number of para-hydroxylation sites is 1. The third kappa shape index (κ3) is 2.32. The highest BCUT2D eigenvalue weighted by Crippen LogP contribution is 2.39. The molecule has 20 heavy (non-hydrogen) atoms. The first kappa shape index (κ1) is 13.2. The molecule has 104 valence electrons. The van der Waals surface area contributed by atoms with E-state index in [0.717, 1.165) is 24.2 Å². The lowest BCUT2D eigenvalue weighted by Gasteiger charge is -2.27. The molecule has 1 aliphatic rings. The molecule has 0 radical (unpaired) electrons. The Kier molecular flexibility index (Phi) is 3.27. The van der Waals surface area contributed by atoms with Gasteiger partial charge in [-0.05, 0) is 43.9 Å². The highest BCUT2D eigenvalue weighted by molar-refractivity contribution is 5.46. The minimum absolute atomic E-state index is 0.156. The first-order chi connectivity index (χ1) is 9.58. The topological polar surface area (TPSA) is 35.2 Å². The Balaban J connectivity index is 1.98. The molecule has 0 spiro atoms. The summed E-state index contributed by atoms with van der Waals surface area (Å²) in [5, 5.41) is 0. The van der Waals surface area contributed by atoms with Gasteiger partial charge in [0.15, 0.2) is 0 Å². The van der Waals surface area contributed by atoms with Crippen molar-refractivity contribution in [1.82, 2.24) is 0 Å². The molecule has 2 N–H and O–H groups in total. The summed E-state index contributed by atoms with van der Waals surface area (Å²) in [6.07, 6.45) is 1.91. The fourth-order valence-electron chi connectivity index (χ4n) is 3.07. The molecule has 2 heteroatoms. The van der Waals surface area contributed by atoms with Crippen molar-refractivity contribution in [2.45, 2.75) is 38.3 Å². The van der Waals surface area contributed by atoms with Crippen molar-refractivity contribution >= 4 is 0 Å². The van der Waals surface area contributed by atoms with Gasteiger partial charge >= 0.3 is 0 Å². The number of ether oxygens (including phenoxy) is 1. The number of hydrogen-bond acceptors (Lipinski definition) is 2. The van der Waals surface area contributed by atoms with E-state index in [1.165, 1.54) is 11.1 Å². The van der Waals surface area contributed by atoms with Crippen LogP contribution in [0.1, 0.15) is 30.5 Å². The average Bonchev–Trinajstić information content (AvgIpc) is 2.75. The van der Waals surface area contributed by atoms with Crippen LogP contribution in [0, 0.1) is 0 Å². The van der Waals surface area contributed by atoms with Gasteiger partial charge in [0.2, 0.25) is 0 Å². The van der Waals surface area contributed by atoms with Crippen molar-refractivity contribution < 1.29 is 4.74 Å². The van der Waals surface area contributed by atoms with Gasteiger partial charge in [-0.1, -0.05) is 42.5 Å². The van der Waals surface area contributed by atoms with Gasteiger partial charge in [-0.15, -0.1) is 0 Å². The SMILES string of the molecule is CC(C)Oc1ccccc1C1(N)Cc2ccccc2C1. The maximum absolute atomic E-state index is 6.73. The minimum atomic E-state index is -0.352. The van der Waals surface area contributed by atoms with Gasteiger partial charge in [-0.3, -0.25) is 0 Å². The van der Waals surface area contributed by atoms with Gasteiger partial charge in [0.25, 0.3) is 0 Å². The van der Waals surface area contributed by atoms with Crippen LogP contribution < -0.4 is 10.5 Å². The molecule has 2 aromatic carbocycles. The predicted molar refractivity (Wildman–Crippen MR) is 81.9 cm³/mol. The van der Waals surface area contributed by atoms with Crippen LogP contribution in [0.4, 0.5) is 0 Å². The van der Waals surface area contributed by atoms with Crippen LogP contribution in [0.3, 0.4) is 0 Å². The second-order valence-electron chi connectivity index (χ2n) is 5.94. The van der Waals surface area contributed by atoms with Crippen LogP contribution in [0.15, 0.2) is 48.5 Å². The van der Waals surface area contributed by atoms with Gasteiger partial charge in [-0.2, -0.15) is 0 Å². The Morgan fingerprint density at radius 2 is 1.50 bits per heavy atom. The van der Waals surface area contributed by atoms with Crippen molar-refractivity contribution in [1.29, 1.82) is 0 Å². The first-order valence-corrected chi connectivity index (χ1v) is 7.20. The Labute approximate surface area is 120 Å². The largest absolute Gasteiger partial charge is 0.491 e. The standard InChI is InChI=1S/C18H21NO/c1-13(2)20-17-10-6-5-9-16(17)18(19)11-14-7-3-4-8-15(14)12-18/h3-10,13H,11-12,19H2,1-2H3. The summed E-state index contributed by atoms with van der Waals surface area (Å²) in [5.41, 5.74) is 10.2. The van der Waals surface area contributed by atoms with Gasteiger partial charge < -0.3 is 10.5 Å². The van der Waals surface area contributed by atoms with Gasteiger partial charge in [-0.25, -0.2) is 0 Å². The van der Waals surface area contributed by atoms with Crippen molar-refractivity contribution in [3.8, 4) is 5.75 Å². The van der Waals surface area contributed by atoms with E-state index >= 15 is 0 Å². The molecule has 0 unspecified atom stereocenters. The van der Waals surface area contributed by atoms with E-state index < -0.39 is 0 Å². The van der Waals surface area contributed by atoms with E-state index in [0.29, 0.717) is 0 Å². The van der Waals surface area contributed by atoms with E-state index in [4.69, 9.17) is 10.5 Å². The maximum Gasteiger partial charge on any atom is 0.124 e. The quantitative estimate of drug-likeness (QED) is 0.924. The Bertz CT molecular complexity index is 593. The average molecular weight is 267 g/mol. The molecule has 0 bridgehead atoms. The molecule has 2 nitrogen and oxygen atoms in total. The zero-order chi connectivity index (χ0) is 14.2. The van der Waals surface area contributed by atoms with Crippen LogP contribution in [0.25, 0.3) is 0 Å². The Hall–Kier alpha value is -1.80. The van der Waals surface area contributed by atoms with E-state index in [1.807, 2.05) is 32.0 Å². The summed E-state index contributed by atoms with van der Waals surface area (Å²) < 4.78 is 5.94. The molecule has 0 heterocycles. The third-order valence-corrected chi connectivity index (χ3v) is 3.92. The summed E-state index contributed by atoms with van der Waals surface area (Å²) in [6, 6.07) is 16.7. The smallest absolute Gasteiger partial charge is 0.124 e. The zero-order valence-electron chi connectivity index (χ0n) is 12.1. The van der Waals surface area contributed by atoms with E-state index in [1.54, 1.807) is 0 Å². The Morgan fingerprint density at radius 3 is 2.10 bits per heavy atom. The molecule has 0 saturated heterocycles. The van der Waals surface area contributed by atoms with Crippen LogP contribution in [0.5, 0.6) is 5.75 Å². The highest BCUT2D eigenvalue weighted by Gasteiger charge is 2.37. The van der Waals surface area contributed by atoms with E-state index in [-0.39, 0.29) is 11.6 Å². The maximum atomic E-state index is 6.73. The van der Waals surface area contributed by atoms with Crippen molar-refractivity contribution in [2.75, 3.05) is 0 Å². The van der Waals surface area contributed by atoms with Gasteiger partial charge in [0, 0.05) is 5.56 Å². The summed E-state index contributed by atoms with van der Waals surface area (Å²) in [5.74, 6) is 0.915. The van der Waals surface area contributed by atoms with Crippen LogP contribution in [-0.4, -0.2) is 6.10 Å². The molecule has 0 saturated carbocycles. The number of fused-ring (bicyclic) bond motifs is 1. The van der Waals surface area contributed by atoms with Crippen LogP contribution in [0.2, 0.25) is 0 Å². The molecule has 0 aromatic heterocycles. The van der Waals surface area contributed by atoms with Crippen molar-refractivity contribution in [3.63, 3.8) is 0 Å². The van der Waals surface area contributed by atoms with Crippen molar-refractivity contribution in [3.05, 3.63) is 65.2 Å². The van der Waals surface area contributed by atoms with E-state index in [2.05, 4.69) is 30.3 Å². The Morgan fingerprint density at radius 1 is 0.950 bits per heavy atom. The lowest BCUT2D eigenvalue weighted by atomic mass is 9.87. The monoisotopic (exact) mass is 267 g/mol. The predicted octanol–water partition coefficient (Wildman–Crippen LogP) is 3.43. The molecule has 0 aliphatic heterocycles. The fourth-order valence-corrected chi connectivity index (χ4v) is 3.07. The highest BCUT2D eigenvalue weighted by atomic mass is 16.5. The molecule has 0 atom stereocenters. The number of benzene rings is 2. The molecule has 0 fully saturated rings. The molecular formula is C18H21NO. The lowest BCUT2D eigenvalue weighted by molar-refractivity contribution is 0.234. The normalized spacial score (nSPS) is 16.2. The molecule has 0 amide bonds. The van der Waals surface area contributed by atoms with Gasteiger partial charge in [0.1, 0.15) is 5.75 Å². The number of nitrogens with two attached hydrogens (primary N) is 1. The summed E-state index contributed by atoms with van der Waals surface area (Å²) in [4.78, 5) is 0. The first-order valence-electron chi connectivity index (χ1n) is 7.20. The zero-order valence-corrected chi connectivity index (χ0v) is 12.1. The summed E-state index contributed by atoms with van der Waals surface area (Å²) in [6.45, 7) is 4.09. The van der Waals surface area contributed by atoms with E-state index in [9.17, 15) is 0 Å². The number of rotatable bonds is 3. The molecule has 1 aliphatic carbocycles. The van der Waals surface area contributed by atoms with Crippen LogP contribution in [-0.2, 0) is 18.4 Å². The third-order valence-electron chi connectivity index (χ3n) is 3.92. The van der Waals surface area contributed by atoms with Crippen molar-refractivity contribution in [2.24, 2.45) is 5.73 Å². The van der Waals surface area contributed by atoms with Gasteiger partial charge in [0.05, 0.1) is 11.6 Å². The molecule has 2 aromatic rings. The fraction of sp³-hybridized carbons (Fsp3) is 0.333. The van der Waals surface area contributed by atoms with Crippen LogP contribution >= 0.6 is 0 Å². The molecule has 3 rings (SSSR count). The summed E-state index contributed by atoms with van der Waals surface area (Å²) in [7, 11) is 0. The lowest BCUT2D eigenvalue weighted by Crippen LogP contribution is -2.38. The number of hydrogen-bond donors (Lipinski definition) is 1. The molecular weight excluding hydrogens is 246 g/mol.